The summed E-state index contributed by atoms with van der Waals surface area (Å²) >= 11 is 12.0. The van der Waals surface area contributed by atoms with E-state index < -0.39 is 34.9 Å². The van der Waals surface area contributed by atoms with Gasteiger partial charge in [-0.3, -0.25) is 19.2 Å². The zero-order chi connectivity index (χ0) is 43.1. The van der Waals surface area contributed by atoms with Gasteiger partial charge in [0.15, 0.2) is 23.1 Å². The number of rotatable bonds is 8. The molecule has 0 aliphatic heterocycles. The van der Waals surface area contributed by atoms with Gasteiger partial charge in [0.05, 0.1) is 33.6 Å². The average molecular weight is 856 g/mol. The molecule has 62 heavy (non-hydrogen) atoms. The van der Waals surface area contributed by atoms with Crippen molar-refractivity contribution in [2.45, 2.75) is 0 Å². The largest absolute Gasteiger partial charge is 0.505 e. The predicted octanol–water partition coefficient (Wildman–Crippen LogP) is 12.8. The summed E-state index contributed by atoms with van der Waals surface area (Å²) in [5, 5.41) is 49.0. The molecule has 1 aliphatic carbocycles. The summed E-state index contributed by atoms with van der Waals surface area (Å²) in [6, 6.07) is 39.1. The maximum absolute atomic E-state index is 14.3. The summed E-state index contributed by atoms with van der Waals surface area (Å²) in [5.41, 5.74) is 0.817. The molecule has 0 saturated heterocycles. The van der Waals surface area contributed by atoms with E-state index in [0.717, 1.165) is 0 Å². The van der Waals surface area contributed by atoms with Crippen molar-refractivity contribution in [2.24, 2.45) is 20.5 Å². The molecule has 0 heterocycles. The number of benzene rings is 8. The number of ketones is 2. The van der Waals surface area contributed by atoms with Gasteiger partial charge in [-0.1, -0.05) is 96.0 Å². The van der Waals surface area contributed by atoms with Gasteiger partial charge in [-0.25, -0.2) is 0 Å². The molecular weight excluding hydrogens is 827 g/mol. The number of nitrogens with zero attached hydrogens (tertiary/aromatic N) is 4. The number of aromatic hydroxyl groups is 2. The van der Waals surface area contributed by atoms with Crippen molar-refractivity contribution in [3.05, 3.63) is 189 Å². The van der Waals surface area contributed by atoms with Crippen LogP contribution in [-0.4, -0.2) is 33.6 Å². The highest BCUT2D eigenvalue weighted by atomic mass is 35.5. The Hall–Kier alpha value is -8.06. The highest BCUT2D eigenvalue weighted by Crippen LogP contribution is 2.44. The SMILES string of the molecule is O=C(Nc1ccc(Cl)cc1)c1cc2ccccc2c(N=Nc2cccc3c2C(=O)c2cccc(N=Nc4c(O)c(C(=O)Nc5ccc(Cl)cc5)cc5ccccc45)c2C3=O)c1O. The quantitative estimate of drug-likeness (QED) is 0.110. The van der Waals surface area contributed by atoms with Crippen molar-refractivity contribution in [1.29, 1.82) is 0 Å². The van der Waals surface area contributed by atoms with Crippen molar-refractivity contribution in [2.75, 3.05) is 10.6 Å². The number of phenolic OH excluding ortho intramolecular Hbond substituents is 2. The minimum absolute atomic E-state index is 0.0219. The predicted molar refractivity (Wildman–Crippen MR) is 238 cm³/mol. The molecule has 300 valence electrons. The molecule has 0 unspecified atom stereocenters. The normalized spacial score (nSPS) is 12.2. The first-order valence-electron chi connectivity index (χ1n) is 18.9. The maximum Gasteiger partial charge on any atom is 0.259 e. The minimum atomic E-state index is -0.606. The zero-order valence-electron chi connectivity index (χ0n) is 31.9. The summed E-state index contributed by atoms with van der Waals surface area (Å²) in [4.78, 5) is 55.5. The molecule has 1 aliphatic rings. The van der Waals surface area contributed by atoms with Crippen LogP contribution in [0.5, 0.6) is 11.5 Å². The average Bonchev–Trinajstić information content (AvgIpc) is 3.28. The number of nitrogens with one attached hydrogen (secondary N) is 2. The highest BCUT2D eigenvalue weighted by Gasteiger charge is 2.34. The Labute approximate surface area is 361 Å². The molecule has 14 heteroatoms. The van der Waals surface area contributed by atoms with Gasteiger partial charge in [-0.2, -0.15) is 0 Å². The number of azo groups is 2. The van der Waals surface area contributed by atoms with Gasteiger partial charge in [0.25, 0.3) is 11.8 Å². The number of hydrogen-bond acceptors (Lipinski definition) is 10. The molecular formula is C48H28Cl2N6O6. The van der Waals surface area contributed by atoms with Crippen LogP contribution in [0.15, 0.2) is 166 Å². The van der Waals surface area contributed by atoms with Crippen molar-refractivity contribution >= 4 is 102 Å². The molecule has 0 aromatic heterocycles. The van der Waals surface area contributed by atoms with Crippen LogP contribution in [0.2, 0.25) is 10.0 Å². The number of anilines is 2. The summed E-state index contributed by atoms with van der Waals surface area (Å²) in [6.07, 6.45) is 0. The van der Waals surface area contributed by atoms with E-state index >= 15 is 0 Å². The van der Waals surface area contributed by atoms with Crippen LogP contribution < -0.4 is 10.6 Å². The number of phenols is 2. The molecule has 0 radical (unpaired) electrons. The van der Waals surface area contributed by atoms with E-state index in [0.29, 0.717) is 43.0 Å². The van der Waals surface area contributed by atoms with Crippen LogP contribution in [0, 0.1) is 0 Å². The minimum Gasteiger partial charge on any atom is -0.505 e. The molecule has 0 atom stereocenters. The molecule has 8 aromatic carbocycles. The van der Waals surface area contributed by atoms with Crippen LogP contribution in [0.3, 0.4) is 0 Å². The first kappa shape index (κ1) is 39.4. The molecule has 8 aromatic rings. The third-order valence-corrected chi connectivity index (χ3v) is 10.7. The first-order chi connectivity index (χ1) is 30.0. The van der Waals surface area contributed by atoms with E-state index in [9.17, 15) is 29.4 Å². The van der Waals surface area contributed by atoms with Crippen molar-refractivity contribution in [1.82, 2.24) is 0 Å². The third-order valence-electron chi connectivity index (χ3n) is 10.2. The Morgan fingerprint density at radius 2 is 0.855 bits per heavy atom. The molecule has 0 spiro atoms. The van der Waals surface area contributed by atoms with Gasteiger partial charge in [0, 0.05) is 43.3 Å². The van der Waals surface area contributed by atoms with E-state index in [1.807, 2.05) is 0 Å². The first-order valence-corrected chi connectivity index (χ1v) is 19.6. The fraction of sp³-hybridized carbons (Fsp3) is 0. The van der Waals surface area contributed by atoms with Gasteiger partial charge in [-0.15, -0.1) is 20.5 Å². The fourth-order valence-corrected chi connectivity index (χ4v) is 7.48. The lowest BCUT2D eigenvalue weighted by Crippen LogP contribution is -2.21. The third kappa shape index (κ3) is 7.29. The number of carbonyl (C=O) groups is 4. The molecule has 0 saturated carbocycles. The Morgan fingerprint density at radius 3 is 1.26 bits per heavy atom. The number of fused-ring (bicyclic) bond motifs is 4. The lowest BCUT2D eigenvalue weighted by atomic mass is 9.82. The molecule has 2 amide bonds. The number of amides is 2. The monoisotopic (exact) mass is 854 g/mol. The molecule has 12 nitrogen and oxygen atoms in total. The van der Waals surface area contributed by atoms with Crippen LogP contribution in [0.1, 0.15) is 52.6 Å². The van der Waals surface area contributed by atoms with E-state index in [2.05, 4.69) is 31.1 Å². The summed E-state index contributed by atoms with van der Waals surface area (Å²) in [6.45, 7) is 0. The maximum atomic E-state index is 14.3. The van der Waals surface area contributed by atoms with Crippen molar-refractivity contribution < 1.29 is 29.4 Å². The van der Waals surface area contributed by atoms with Gasteiger partial charge < -0.3 is 20.8 Å². The van der Waals surface area contributed by atoms with Gasteiger partial charge in [-0.05, 0) is 83.6 Å². The Bertz CT molecular complexity index is 3040. The van der Waals surface area contributed by atoms with E-state index in [1.165, 1.54) is 36.4 Å². The topological polar surface area (TPSA) is 182 Å². The van der Waals surface area contributed by atoms with Gasteiger partial charge in [0.1, 0.15) is 11.4 Å². The van der Waals surface area contributed by atoms with Crippen molar-refractivity contribution in [3.8, 4) is 11.5 Å². The van der Waals surface area contributed by atoms with E-state index in [1.54, 1.807) is 109 Å². The van der Waals surface area contributed by atoms with E-state index in [-0.39, 0.29) is 56.1 Å². The summed E-state index contributed by atoms with van der Waals surface area (Å²) in [7, 11) is 0. The summed E-state index contributed by atoms with van der Waals surface area (Å²) < 4.78 is 0. The second-order valence-corrected chi connectivity index (χ2v) is 14.9. The number of carbonyl (C=O) groups excluding carboxylic acids is 4. The second-order valence-electron chi connectivity index (χ2n) is 14.1. The van der Waals surface area contributed by atoms with E-state index in [4.69, 9.17) is 23.2 Å². The second kappa shape index (κ2) is 16.2. The Balaban J connectivity index is 1.06. The number of hydrogen-bond donors (Lipinski definition) is 4. The Kier molecular flexibility index (Phi) is 10.3. The highest BCUT2D eigenvalue weighted by molar-refractivity contribution is 6.32. The molecule has 0 bridgehead atoms. The molecule has 4 N–H and O–H groups in total. The van der Waals surface area contributed by atoms with Crippen LogP contribution in [0.4, 0.5) is 34.1 Å². The van der Waals surface area contributed by atoms with Crippen LogP contribution in [-0.2, 0) is 0 Å². The standard InChI is InChI=1S/C48H28Cl2N6O6/c49-27-15-19-29(20-16-27)51-47(61)35-23-25-7-1-3-9-31(25)41(45(35)59)55-53-37-13-5-11-33-39(37)43(57)34-12-6-14-38(40(34)44(33)58)54-56-42-32-10-4-2-8-26(32)24-36(46(42)60)48(62)52-30-21-17-28(50)18-22-30/h1-24,59-60H,(H,51,61)(H,52,62). The zero-order valence-corrected chi connectivity index (χ0v) is 33.4. The van der Waals surface area contributed by atoms with Crippen LogP contribution >= 0.6 is 23.2 Å². The summed E-state index contributed by atoms with van der Waals surface area (Å²) in [5.74, 6) is -3.19. The molecule has 0 fully saturated rings. The smallest absolute Gasteiger partial charge is 0.259 e. The van der Waals surface area contributed by atoms with Crippen molar-refractivity contribution in [3.63, 3.8) is 0 Å². The lowest BCUT2D eigenvalue weighted by molar-refractivity contribution is 0.0980. The van der Waals surface area contributed by atoms with Gasteiger partial charge >= 0.3 is 0 Å². The Morgan fingerprint density at radius 1 is 0.468 bits per heavy atom. The number of halogens is 2. The van der Waals surface area contributed by atoms with Gasteiger partial charge in [0.2, 0.25) is 0 Å². The fourth-order valence-electron chi connectivity index (χ4n) is 7.23. The van der Waals surface area contributed by atoms with Crippen LogP contribution in [0.25, 0.3) is 21.5 Å². The lowest BCUT2D eigenvalue weighted by Gasteiger charge is -2.19. The molecule has 9 rings (SSSR count).